The number of carbonyl (C=O) groups excluding carboxylic acids is 2. The Hall–Kier alpha value is -4.16. The maximum absolute atomic E-state index is 11.9. The molecule has 0 unspecified atom stereocenters. The van der Waals surface area contributed by atoms with E-state index in [9.17, 15) is 14.7 Å². The minimum Gasteiger partial charge on any atom is -0.491 e. The molecule has 0 amide bonds. The summed E-state index contributed by atoms with van der Waals surface area (Å²) in [6, 6.07) is 19.9. The number of benzene rings is 3. The molecule has 0 fully saturated rings. The molecule has 3 rings (SSSR count). The molecule has 0 aliphatic heterocycles. The Kier molecular flexibility index (Phi) is 15.5. The average molecular weight is 641 g/mol. The van der Waals surface area contributed by atoms with Crippen molar-refractivity contribution in [1.29, 1.82) is 0 Å². The monoisotopic (exact) mass is 640 g/mol. The molecule has 0 spiro atoms. The van der Waals surface area contributed by atoms with Crippen molar-refractivity contribution >= 4 is 11.9 Å². The highest BCUT2D eigenvalue weighted by Crippen LogP contribution is 2.36. The number of hydrogen-bond acceptors (Lipinski definition) is 6. The van der Waals surface area contributed by atoms with E-state index < -0.39 is 11.9 Å². The molecular formula is C41H52O6. The molecule has 1 N–H and O–H groups in total. The highest BCUT2D eigenvalue weighted by Gasteiger charge is 2.17. The van der Waals surface area contributed by atoms with Crippen LogP contribution in [0.2, 0.25) is 0 Å². The van der Waals surface area contributed by atoms with Gasteiger partial charge in [-0.05, 0) is 115 Å². The summed E-state index contributed by atoms with van der Waals surface area (Å²) in [5.74, 6) is -0.0902. The number of ether oxygens (including phenoxy) is 3. The first-order valence-electron chi connectivity index (χ1n) is 17.0. The first kappa shape index (κ1) is 37.3. The van der Waals surface area contributed by atoms with E-state index in [-0.39, 0.29) is 26.4 Å². The fourth-order valence-electron chi connectivity index (χ4n) is 5.51. The fourth-order valence-corrected chi connectivity index (χ4v) is 5.51. The summed E-state index contributed by atoms with van der Waals surface area (Å²) in [6.45, 7) is 15.5. The summed E-state index contributed by atoms with van der Waals surface area (Å²) < 4.78 is 16.8. The van der Waals surface area contributed by atoms with Crippen molar-refractivity contribution in [1.82, 2.24) is 0 Å². The molecule has 0 atom stereocenters. The molecule has 0 radical (unpaired) electrons. The molecule has 6 nitrogen and oxygen atoms in total. The zero-order valence-electron chi connectivity index (χ0n) is 28.8. The molecule has 0 aliphatic rings. The Labute approximate surface area is 281 Å². The quantitative estimate of drug-likeness (QED) is 0.0755. The van der Waals surface area contributed by atoms with Gasteiger partial charge in [-0.3, -0.25) is 0 Å². The van der Waals surface area contributed by atoms with Crippen LogP contribution in [0.1, 0.15) is 82.1 Å². The van der Waals surface area contributed by atoms with Crippen molar-refractivity contribution in [2.24, 2.45) is 0 Å². The first-order valence-corrected chi connectivity index (χ1v) is 17.0. The van der Waals surface area contributed by atoms with E-state index >= 15 is 0 Å². The Balaban J connectivity index is 1.96. The highest BCUT2D eigenvalue weighted by molar-refractivity contribution is 5.87. The summed E-state index contributed by atoms with van der Waals surface area (Å²) >= 11 is 0. The Morgan fingerprint density at radius 1 is 0.660 bits per heavy atom. The normalized spacial score (nSPS) is 10.8. The van der Waals surface area contributed by atoms with Crippen LogP contribution in [0.15, 0.2) is 78.9 Å². The number of aliphatic hydroxyl groups excluding tert-OH is 1. The molecular weight excluding hydrogens is 588 g/mol. The number of rotatable bonds is 20. The molecule has 0 saturated heterocycles. The first-order chi connectivity index (χ1) is 22.7. The van der Waals surface area contributed by atoms with Gasteiger partial charge in [0.05, 0.1) is 19.8 Å². The van der Waals surface area contributed by atoms with E-state index in [0.29, 0.717) is 42.6 Å². The van der Waals surface area contributed by atoms with Crippen LogP contribution >= 0.6 is 0 Å². The molecule has 0 saturated carbocycles. The number of aryl methyl sites for hydroxylation is 4. The van der Waals surface area contributed by atoms with Gasteiger partial charge in [0.1, 0.15) is 12.4 Å². The third kappa shape index (κ3) is 11.5. The minimum absolute atomic E-state index is 0.117. The molecule has 0 bridgehead atoms. The molecule has 3 aromatic rings. The predicted octanol–water partition coefficient (Wildman–Crippen LogP) is 8.79. The van der Waals surface area contributed by atoms with Crippen molar-refractivity contribution in [3.63, 3.8) is 0 Å². The average Bonchev–Trinajstić information content (AvgIpc) is 3.07. The predicted molar refractivity (Wildman–Crippen MR) is 191 cm³/mol. The molecule has 47 heavy (non-hydrogen) atoms. The third-order valence-corrected chi connectivity index (χ3v) is 8.08. The lowest BCUT2D eigenvalue weighted by Gasteiger charge is -2.20. The van der Waals surface area contributed by atoms with Crippen LogP contribution in [-0.2, 0) is 44.7 Å². The Morgan fingerprint density at radius 2 is 1.21 bits per heavy atom. The van der Waals surface area contributed by atoms with E-state index in [1.165, 1.54) is 41.5 Å². The maximum Gasteiger partial charge on any atom is 0.333 e. The van der Waals surface area contributed by atoms with Crippen LogP contribution < -0.4 is 4.74 Å². The van der Waals surface area contributed by atoms with Gasteiger partial charge < -0.3 is 19.3 Å². The van der Waals surface area contributed by atoms with Gasteiger partial charge in [0.25, 0.3) is 0 Å². The molecule has 3 aromatic carbocycles. The van der Waals surface area contributed by atoms with Gasteiger partial charge >= 0.3 is 11.9 Å². The summed E-state index contributed by atoms with van der Waals surface area (Å²) in [6.07, 6.45) is 8.09. The number of aliphatic hydroxyl groups is 1. The Bertz CT molecular complexity index is 1450. The van der Waals surface area contributed by atoms with Crippen LogP contribution in [0.3, 0.4) is 0 Å². The van der Waals surface area contributed by atoms with Crippen LogP contribution in [0.5, 0.6) is 5.75 Å². The fraction of sp³-hybridized carbons (Fsp3) is 0.415. The lowest BCUT2D eigenvalue weighted by Crippen LogP contribution is -2.10. The molecule has 0 heterocycles. The number of esters is 2. The van der Waals surface area contributed by atoms with Crippen molar-refractivity contribution in [3.05, 3.63) is 101 Å². The van der Waals surface area contributed by atoms with E-state index in [1.54, 1.807) is 13.8 Å². The maximum atomic E-state index is 11.9. The van der Waals surface area contributed by atoms with Crippen molar-refractivity contribution < 1.29 is 28.9 Å². The van der Waals surface area contributed by atoms with Gasteiger partial charge in [-0.1, -0.05) is 82.3 Å². The van der Waals surface area contributed by atoms with Crippen LogP contribution in [0, 0.1) is 0 Å². The topological polar surface area (TPSA) is 82.1 Å². The van der Waals surface area contributed by atoms with Gasteiger partial charge in [0, 0.05) is 11.1 Å². The SMILES string of the molecule is C=C(C)C(=O)OCCCc1cc(-c2ccc(-c3ccc(CCCCC)cc3)cc2CC)cc(CCCOC(=O)C(=C)C)c1OCCO. The minimum atomic E-state index is -0.403. The molecule has 0 aliphatic carbocycles. The van der Waals surface area contributed by atoms with E-state index in [1.807, 2.05) is 0 Å². The van der Waals surface area contributed by atoms with Crippen LogP contribution in [0.4, 0.5) is 0 Å². The summed E-state index contributed by atoms with van der Waals surface area (Å²) in [5.41, 5.74) is 9.90. The second kappa shape index (κ2) is 19.5. The molecule has 6 heteroatoms. The van der Waals surface area contributed by atoms with E-state index in [4.69, 9.17) is 14.2 Å². The van der Waals surface area contributed by atoms with E-state index in [0.717, 1.165) is 35.1 Å². The lowest BCUT2D eigenvalue weighted by atomic mass is 9.89. The van der Waals surface area contributed by atoms with Gasteiger partial charge in [0.2, 0.25) is 0 Å². The van der Waals surface area contributed by atoms with Gasteiger partial charge in [-0.15, -0.1) is 0 Å². The summed E-state index contributed by atoms with van der Waals surface area (Å²) in [5, 5.41) is 9.59. The summed E-state index contributed by atoms with van der Waals surface area (Å²) in [7, 11) is 0. The largest absolute Gasteiger partial charge is 0.491 e. The zero-order valence-corrected chi connectivity index (χ0v) is 28.8. The smallest absolute Gasteiger partial charge is 0.333 e. The Morgan fingerprint density at radius 3 is 1.72 bits per heavy atom. The van der Waals surface area contributed by atoms with Crippen molar-refractivity contribution in [3.8, 4) is 28.0 Å². The molecule has 252 valence electrons. The van der Waals surface area contributed by atoms with Crippen molar-refractivity contribution in [2.75, 3.05) is 26.4 Å². The molecule has 0 aromatic heterocycles. The highest BCUT2D eigenvalue weighted by atomic mass is 16.5. The van der Waals surface area contributed by atoms with E-state index in [2.05, 4.69) is 81.6 Å². The standard InChI is InChI=1S/C41H52O6/c1-7-9-10-13-31-16-18-33(19-17-31)34-20-21-38(32(8-2)26-34)37-27-35(14-11-23-46-40(43)29(3)4)39(45-25-22-42)36(28-37)15-12-24-47-41(44)30(5)6/h16-21,26-28,42H,3,5,7-15,22-25H2,1-2,4,6H3. The third-order valence-electron chi connectivity index (χ3n) is 8.08. The lowest BCUT2D eigenvalue weighted by molar-refractivity contribution is -0.139. The van der Waals surface area contributed by atoms with Crippen LogP contribution in [0.25, 0.3) is 22.3 Å². The van der Waals surface area contributed by atoms with Gasteiger partial charge in [0.15, 0.2) is 0 Å². The number of carbonyl (C=O) groups is 2. The number of unbranched alkanes of at least 4 members (excludes halogenated alkanes) is 2. The number of hydrogen-bond donors (Lipinski definition) is 1. The zero-order chi connectivity index (χ0) is 34.2. The van der Waals surface area contributed by atoms with Gasteiger partial charge in [-0.2, -0.15) is 0 Å². The van der Waals surface area contributed by atoms with Crippen LogP contribution in [-0.4, -0.2) is 43.5 Å². The van der Waals surface area contributed by atoms with Gasteiger partial charge in [-0.25, -0.2) is 9.59 Å². The second-order valence-corrected chi connectivity index (χ2v) is 12.1. The summed E-state index contributed by atoms with van der Waals surface area (Å²) in [4.78, 5) is 23.9. The van der Waals surface area contributed by atoms with Crippen molar-refractivity contribution in [2.45, 2.75) is 85.5 Å². The second-order valence-electron chi connectivity index (χ2n) is 12.1.